The van der Waals surface area contributed by atoms with Crippen molar-refractivity contribution in [3.8, 4) is 0 Å². The summed E-state index contributed by atoms with van der Waals surface area (Å²) in [5.41, 5.74) is 0.232. The van der Waals surface area contributed by atoms with Crippen LogP contribution in [0.4, 0.5) is 5.82 Å². The van der Waals surface area contributed by atoms with Crippen LogP contribution < -0.4 is 5.32 Å². The molecule has 1 N–H and O–H groups in total. The Labute approximate surface area is 111 Å². The summed E-state index contributed by atoms with van der Waals surface area (Å²) in [6.45, 7) is 0.900. The third-order valence-electron chi connectivity index (χ3n) is 2.83. The molecule has 2 heterocycles. The van der Waals surface area contributed by atoms with Crippen LogP contribution in [0.15, 0.2) is 12.4 Å². The zero-order valence-corrected chi connectivity index (χ0v) is 11.2. The maximum absolute atomic E-state index is 11.2. The molecule has 0 bridgehead atoms. The number of carbonyl (C=O) groups excluding carboxylic acids is 1. The molecule has 0 aliphatic carbocycles. The van der Waals surface area contributed by atoms with Crippen LogP contribution in [-0.4, -0.2) is 40.6 Å². The summed E-state index contributed by atoms with van der Waals surface area (Å²) in [5, 5.41) is 3.91. The predicted molar refractivity (Wildman–Crippen MR) is 72.0 cm³/mol. The molecular weight excluding hydrogens is 250 g/mol. The van der Waals surface area contributed by atoms with Gasteiger partial charge in [-0.25, -0.2) is 14.8 Å². The van der Waals surface area contributed by atoms with Crippen LogP contribution in [0, 0.1) is 0 Å². The molecule has 0 aromatic carbocycles. The number of thioether (sulfide) groups is 1. The zero-order chi connectivity index (χ0) is 12.8. The standard InChI is InChI=1S/C12H17N3O2S/c1-17-12(16)10-7-15-11(8-13-10)14-6-9-4-2-3-5-18-9/h7-9H,2-6H2,1H3,(H,14,15). The number of methoxy groups -OCH3 is 1. The minimum absolute atomic E-state index is 0.232. The number of ether oxygens (including phenoxy) is 1. The van der Waals surface area contributed by atoms with Gasteiger partial charge in [0.15, 0.2) is 5.69 Å². The molecule has 0 amide bonds. The van der Waals surface area contributed by atoms with Gasteiger partial charge >= 0.3 is 5.97 Å². The van der Waals surface area contributed by atoms with E-state index in [0.717, 1.165) is 6.54 Å². The highest BCUT2D eigenvalue weighted by Crippen LogP contribution is 2.24. The number of nitrogens with zero attached hydrogens (tertiary/aromatic N) is 2. The molecule has 0 saturated carbocycles. The van der Waals surface area contributed by atoms with Crippen LogP contribution in [0.2, 0.25) is 0 Å². The first-order valence-electron chi connectivity index (χ1n) is 6.05. The van der Waals surface area contributed by atoms with Crippen molar-refractivity contribution in [3.63, 3.8) is 0 Å². The van der Waals surface area contributed by atoms with Crippen LogP contribution in [-0.2, 0) is 4.74 Å². The average Bonchev–Trinajstić information content (AvgIpc) is 2.46. The van der Waals surface area contributed by atoms with Gasteiger partial charge in [0.25, 0.3) is 0 Å². The van der Waals surface area contributed by atoms with Gasteiger partial charge in [-0.1, -0.05) is 6.42 Å². The van der Waals surface area contributed by atoms with E-state index in [1.807, 2.05) is 11.8 Å². The molecule has 1 unspecified atom stereocenters. The highest BCUT2D eigenvalue weighted by molar-refractivity contribution is 7.99. The Bertz CT molecular complexity index is 391. The van der Waals surface area contributed by atoms with Gasteiger partial charge in [0.1, 0.15) is 5.82 Å². The van der Waals surface area contributed by atoms with Crippen molar-refractivity contribution in [3.05, 3.63) is 18.1 Å². The lowest BCUT2D eigenvalue weighted by molar-refractivity contribution is 0.0593. The van der Waals surface area contributed by atoms with E-state index < -0.39 is 5.97 Å². The molecule has 2 rings (SSSR count). The molecule has 5 nitrogen and oxygen atoms in total. The number of hydrogen-bond acceptors (Lipinski definition) is 6. The van der Waals surface area contributed by atoms with Crippen molar-refractivity contribution in [2.24, 2.45) is 0 Å². The van der Waals surface area contributed by atoms with Gasteiger partial charge in [-0.05, 0) is 18.6 Å². The number of rotatable bonds is 4. The number of hydrogen-bond donors (Lipinski definition) is 1. The monoisotopic (exact) mass is 267 g/mol. The van der Waals surface area contributed by atoms with E-state index >= 15 is 0 Å². The van der Waals surface area contributed by atoms with Gasteiger partial charge in [0.2, 0.25) is 0 Å². The first-order valence-corrected chi connectivity index (χ1v) is 7.10. The topological polar surface area (TPSA) is 64.1 Å². The van der Waals surface area contributed by atoms with E-state index in [1.165, 1.54) is 38.3 Å². The van der Waals surface area contributed by atoms with Crippen molar-refractivity contribution < 1.29 is 9.53 Å². The Balaban J connectivity index is 1.84. The Kier molecular flexibility index (Phi) is 4.81. The quantitative estimate of drug-likeness (QED) is 0.841. The van der Waals surface area contributed by atoms with Crippen molar-refractivity contribution >= 4 is 23.5 Å². The fraction of sp³-hybridized carbons (Fsp3) is 0.583. The lowest BCUT2D eigenvalue weighted by Gasteiger charge is -2.21. The second kappa shape index (κ2) is 6.58. The minimum Gasteiger partial charge on any atom is -0.464 e. The Hall–Kier alpha value is -1.30. The minimum atomic E-state index is -0.461. The summed E-state index contributed by atoms with van der Waals surface area (Å²) < 4.78 is 4.57. The predicted octanol–water partition coefficient (Wildman–Crippen LogP) is 1.96. The van der Waals surface area contributed by atoms with Gasteiger partial charge in [-0.2, -0.15) is 11.8 Å². The van der Waals surface area contributed by atoms with E-state index in [9.17, 15) is 4.79 Å². The van der Waals surface area contributed by atoms with E-state index in [4.69, 9.17) is 0 Å². The summed E-state index contributed by atoms with van der Waals surface area (Å²) in [7, 11) is 1.33. The van der Waals surface area contributed by atoms with Gasteiger partial charge in [-0.3, -0.25) is 0 Å². The molecular formula is C12H17N3O2S. The van der Waals surface area contributed by atoms with Crippen LogP contribution in [0.1, 0.15) is 29.8 Å². The van der Waals surface area contributed by atoms with E-state index in [0.29, 0.717) is 11.1 Å². The van der Waals surface area contributed by atoms with E-state index in [2.05, 4.69) is 20.0 Å². The van der Waals surface area contributed by atoms with Crippen LogP contribution >= 0.6 is 11.8 Å². The summed E-state index contributed by atoms with van der Waals surface area (Å²) in [6, 6.07) is 0. The Morgan fingerprint density at radius 3 is 3.00 bits per heavy atom. The van der Waals surface area contributed by atoms with Crippen LogP contribution in [0.5, 0.6) is 0 Å². The molecule has 1 saturated heterocycles. The smallest absolute Gasteiger partial charge is 0.358 e. The summed E-state index contributed by atoms with van der Waals surface area (Å²) >= 11 is 2.01. The first kappa shape index (κ1) is 13.1. The second-order valence-corrected chi connectivity index (χ2v) is 5.56. The summed E-state index contributed by atoms with van der Waals surface area (Å²) in [5.74, 6) is 1.49. The fourth-order valence-electron chi connectivity index (χ4n) is 1.82. The molecule has 0 spiro atoms. The van der Waals surface area contributed by atoms with Crippen LogP contribution in [0.3, 0.4) is 0 Å². The summed E-state index contributed by atoms with van der Waals surface area (Å²) in [4.78, 5) is 19.3. The van der Waals surface area contributed by atoms with Crippen molar-refractivity contribution in [1.82, 2.24) is 9.97 Å². The van der Waals surface area contributed by atoms with E-state index in [-0.39, 0.29) is 5.69 Å². The molecule has 6 heteroatoms. The molecule has 1 aliphatic heterocycles. The molecule has 1 aromatic heterocycles. The molecule has 1 aliphatic rings. The fourth-order valence-corrected chi connectivity index (χ4v) is 3.05. The highest BCUT2D eigenvalue weighted by Gasteiger charge is 2.14. The number of anilines is 1. The Morgan fingerprint density at radius 1 is 1.50 bits per heavy atom. The third kappa shape index (κ3) is 3.60. The molecule has 1 atom stereocenters. The number of nitrogens with one attached hydrogen (secondary N) is 1. The number of esters is 1. The van der Waals surface area contributed by atoms with Crippen molar-refractivity contribution in [1.29, 1.82) is 0 Å². The van der Waals surface area contributed by atoms with Crippen molar-refractivity contribution in [2.45, 2.75) is 24.5 Å². The SMILES string of the molecule is COC(=O)c1cnc(NCC2CCCCS2)cn1. The molecule has 18 heavy (non-hydrogen) atoms. The number of carbonyl (C=O) groups is 1. The Morgan fingerprint density at radius 2 is 2.39 bits per heavy atom. The van der Waals surface area contributed by atoms with Gasteiger partial charge in [0.05, 0.1) is 19.5 Å². The molecule has 1 fully saturated rings. The average molecular weight is 267 g/mol. The normalized spacial score (nSPS) is 19.3. The van der Waals surface area contributed by atoms with Crippen molar-refractivity contribution in [2.75, 3.05) is 24.7 Å². The second-order valence-electron chi connectivity index (χ2n) is 4.15. The molecule has 98 valence electrons. The maximum atomic E-state index is 11.2. The third-order valence-corrected chi connectivity index (χ3v) is 4.23. The lowest BCUT2D eigenvalue weighted by atomic mass is 10.2. The van der Waals surface area contributed by atoms with Crippen LogP contribution in [0.25, 0.3) is 0 Å². The van der Waals surface area contributed by atoms with Gasteiger partial charge < -0.3 is 10.1 Å². The molecule has 0 radical (unpaired) electrons. The zero-order valence-electron chi connectivity index (χ0n) is 10.4. The largest absolute Gasteiger partial charge is 0.464 e. The van der Waals surface area contributed by atoms with E-state index in [1.54, 1.807) is 6.20 Å². The highest BCUT2D eigenvalue weighted by atomic mass is 32.2. The first-order chi connectivity index (χ1) is 8.79. The van der Waals surface area contributed by atoms with Gasteiger partial charge in [-0.15, -0.1) is 0 Å². The maximum Gasteiger partial charge on any atom is 0.358 e. The number of aromatic nitrogens is 2. The summed E-state index contributed by atoms with van der Waals surface area (Å²) in [6.07, 6.45) is 6.90. The van der Waals surface area contributed by atoms with Gasteiger partial charge in [0, 0.05) is 11.8 Å². The lowest BCUT2D eigenvalue weighted by Crippen LogP contribution is -2.20. The molecule has 1 aromatic rings.